The maximum absolute atomic E-state index is 12.8. The molecule has 3 rings (SSSR count). The largest absolute Gasteiger partial charge is 0.484 e. The lowest BCUT2D eigenvalue weighted by Crippen LogP contribution is -2.27. The van der Waals surface area contributed by atoms with Crippen molar-refractivity contribution in [1.29, 1.82) is 0 Å². The summed E-state index contributed by atoms with van der Waals surface area (Å²) in [7, 11) is 0. The zero-order chi connectivity index (χ0) is 22.1. The van der Waals surface area contributed by atoms with Crippen LogP contribution in [-0.2, 0) is 11.0 Å². The second kappa shape index (κ2) is 8.20. The molecule has 1 saturated carbocycles. The van der Waals surface area contributed by atoms with E-state index in [1.807, 2.05) is 0 Å². The Bertz CT molecular complexity index is 898. The average Bonchev–Trinajstić information content (AvgIpc) is 2.61. The molecule has 1 fully saturated rings. The minimum atomic E-state index is -4.59. The molecule has 1 atom stereocenters. The first kappa shape index (κ1) is 22.0. The molecule has 30 heavy (non-hydrogen) atoms. The lowest BCUT2D eigenvalue weighted by atomic mass is 9.72. The summed E-state index contributed by atoms with van der Waals surface area (Å²) in [5.41, 5.74) is -0.0148. The van der Waals surface area contributed by atoms with Crippen LogP contribution in [-0.4, -0.2) is 23.9 Å². The molecule has 2 aromatic rings. The topological polar surface area (TPSA) is 46.5 Å². The normalized spacial score (nSPS) is 16.1. The number of carboxylic acids is 1. The molecule has 0 bridgehead atoms. The van der Waals surface area contributed by atoms with Crippen molar-refractivity contribution in [2.45, 2.75) is 37.5 Å². The molecule has 1 N–H and O–H groups in total. The molecular formula is C21H18F6O3. The van der Waals surface area contributed by atoms with Crippen LogP contribution in [0.2, 0.25) is 0 Å². The van der Waals surface area contributed by atoms with E-state index in [-0.39, 0.29) is 22.8 Å². The Balaban J connectivity index is 2.01. The quantitative estimate of drug-likeness (QED) is 0.547. The maximum atomic E-state index is 12.8. The van der Waals surface area contributed by atoms with E-state index in [0.29, 0.717) is 18.4 Å². The lowest BCUT2D eigenvalue weighted by molar-refractivity contribution is -0.153. The molecule has 0 aromatic heterocycles. The first-order valence-electron chi connectivity index (χ1n) is 9.19. The summed E-state index contributed by atoms with van der Waals surface area (Å²) in [6, 6.07) is 8.11. The van der Waals surface area contributed by atoms with E-state index >= 15 is 0 Å². The number of carbonyl (C=O) groups is 1. The summed E-state index contributed by atoms with van der Waals surface area (Å²) < 4.78 is 80.9. The predicted molar refractivity (Wildman–Crippen MR) is 96.1 cm³/mol. The van der Waals surface area contributed by atoms with Crippen LogP contribution < -0.4 is 4.74 Å². The third-order valence-electron chi connectivity index (χ3n) is 5.12. The van der Waals surface area contributed by atoms with Crippen LogP contribution in [0.4, 0.5) is 26.3 Å². The fraction of sp³-hybridized carbons (Fsp3) is 0.381. The zero-order valence-corrected chi connectivity index (χ0v) is 15.6. The van der Waals surface area contributed by atoms with Crippen LogP contribution in [0.1, 0.15) is 36.3 Å². The first-order chi connectivity index (χ1) is 13.9. The van der Waals surface area contributed by atoms with Gasteiger partial charge < -0.3 is 9.84 Å². The molecule has 0 heterocycles. The average molecular weight is 432 g/mol. The standard InChI is InChI=1S/C21H18F6O3/c22-20(23,24)11-30-17-9-14(12-4-6-16(7-5-12)21(25,26)27)8-15(10-17)18(19(28)29)13-2-1-3-13/h4-10,13,18H,1-3,11H2,(H,28,29). The molecule has 3 nitrogen and oxygen atoms in total. The molecule has 0 saturated heterocycles. The van der Waals surface area contributed by atoms with E-state index < -0.39 is 36.4 Å². The Labute approximate surface area is 168 Å². The number of hydrogen-bond donors (Lipinski definition) is 1. The Morgan fingerprint density at radius 3 is 2.10 bits per heavy atom. The van der Waals surface area contributed by atoms with E-state index in [1.165, 1.54) is 30.3 Å². The molecule has 9 heteroatoms. The number of ether oxygens (including phenoxy) is 1. The van der Waals surface area contributed by atoms with Crippen molar-refractivity contribution >= 4 is 5.97 Å². The number of rotatable bonds is 6. The molecule has 1 aliphatic rings. The first-order valence-corrected chi connectivity index (χ1v) is 9.19. The molecule has 0 aliphatic heterocycles. The van der Waals surface area contributed by atoms with Crippen molar-refractivity contribution in [3.8, 4) is 16.9 Å². The van der Waals surface area contributed by atoms with Gasteiger partial charge in [0.2, 0.25) is 0 Å². The minimum absolute atomic E-state index is 0.152. The molecule has 0 spiro atoms. The Morgan fingerprint density at radius 2 is 1.63 bits per heavy atom. The summed E-state index contributed by atoms with van der Waals surface area (Å²) >= 11 is 0. The maximum Gasteiger partial charge on any atom is 0.422 e. The number of benzene rings is 2. The third-order valence-corrected chi connectivity index (χ3v) is 5.12. The van der Waals surface area contributed by atoms with Crippen molar-refractivity contribution in [1.82, 2.24) is 0 Å². The Morgan fingerprint density at radius 1 is 1.00 bits per heavy atom. The van der Waals surface area contributed by atoms with Crippen LogP contribution in [0, 0.1) is 5.92 Å². The van der Waals surface area contributed by atoms with E-state index in [4.69, 9.17) is 4.74 Å². The van der Waals surface area contributed by atoms with Crippen LogP contribution in [0.25, 0.3) is 11.1 Å². The van der Waals surface area contributed by atoms with Gasteiger partial charge in [-0.1, -0.05) is 24.6 Å². The van der Waals surface area contributed by atoms with Crippen LogP contribution >= 0.6 is 0 Å². The van der Waals surface area contributed by atoms with Gasteiger partial charge in [0.05, 0.1) is 11.5 Å². The van der Waals surface area contributed by atoms with Gasteiger partial charge in [-0.2, -0.15) is 26.3 Å². The predicted octanol–water partition coefficient (Wildman–Crippen LogP) is 6.28. The summed E-state index contributed by atoms with van der Waals surface area (Å²) in [6.45, 7) is -1.57. The van der Waals surface area contributed by atoms with Gasteiger partial charge in [0.25, 0.3) is 0 Å². The highest BCUT2D eigenvalue weighted by molar-refractivity contribution is 5.78. The highest BCUT2D eigenvalue weighted by atomic mass is 19.4. The molecular weight excluding hydrogens is 414 g/mol. The van der Waals surface area contributed by atoms with Crippen molar-refractivity contribution in [2.75, 3.05) is 6.61 Å². The highest BCUT2D eigenvalue weighted by Gasteiger charge is 2.35. The zero-order valence-electron chi connectivity index (χ0n) is 15.6. The lowest BCUT2D eigenvalue weighted by Gasteiger charge is -2.31. The van der Waals surface area contributed by atoms with E-state index in [0.717, 1.165) is 18.6 Å². The summed E-state index contributed by atoms with van der Waals surface area (Å²) in [5.74, 6) is -2.38. The van der Waals surface area contributed by atoms with Crippen LogP contribution in [0.15, 0.2) is 42.5 Å². The van der Waals surface area contributed by atoms with E-state index in [1.54, 1.807) is 0 Å². The summed E-state index contributed by atoms with van der Waals surface area (Å²) in [5, 5.41) is 9.65. The van der Waals surface area contributed by atoms with Crippen molar-refractivity contribution in [3.05, 3.63) is 53.6 Å². The monoisotopic (exact) mass is 432 g/mol. The Hall–Kier alpha value is -2.71. The molecule has 2 aromatic carbocycles. The summed E-state index contributed by atoms with van der Waals surface area (Å²) in [6.07, 6.45) is -6.89. The second-order valence-electron chi connectivity index (χ2n) is 7.28. The third kappa shape index (κ3) is 5.25. The van der Waals surface area contributed by atoms with Crippen LogP contribution in [0.3, 0.4) is 0 Å². The molecule has 162 valence electrons. The van der Waals surface area contributed by atoms with E-state index in [9.17, 15) is 36.2 Å². The number of carboxylic acid groups (broad SMARTS) is 1. The smallest absolute Gasteiger partial charge is 0.422 e. The van der Waals surface area contributed by atoms with Gasteiger partial charge >= 0.3 is 18.3 Å². The fourth-order valence-electron chi connectivity index (χ4n) is 3.46. The van der Waals surface area contributed by atoms with Gasteiger partial charge in [0, 0.05) is 0 Å². The number of aliphatic carboxylic acids is 1. The van der Waals surface area contributed by atoms with Crippen molar-refractivity contribution < 1.29 is 41.0 Å². The number of hydrogen-bond acceptors (Lipinski definition) is 2. The SMILES string of the molecule is O=C(O)C(c1cc(OCC(F)(F)F)cc(-c2ccc(C(F)(F)F)cc2)c1)C1CCC1. The second-order valence-corrected chi connectivity index (χ2v) is 7.28. The number of alkyl halides is 6. The Kier molecular flexibility index (Phi) is 6.01. The number of halogens is 6. The van der Waals surface area contributed by atoms with Gasteiger partial charge in [-0.15, -0.1) is 0 Å². The molecule has 0 amide bonds. The van der Waals surface area contributed by atoms with Gasteiger partial charge in [-0.3, -0.25) is 4.79 Å². The van der Waals surface area contributed by atoms with Crippen molar-refractivity contribution in [3.63, 3.8) is 0 Å². The fourth-order valence-corrected chi connectivity index (χ4v) is 3.46. The van der Waals surface area contributed by atoms with E-state index in [2.05, 4.69) is 0 Å². The molecule has 1 aliphatic carbocycles. The summed E-state index contributed by atoms with van der Waals surface area (Å²) in [4.78, 5) is 11.8. The highest BCUT2D eigenvalue weighted by Crippen LogP contribution is 2.42. The molecule has 1 unspecified atom stereocenters. The van der Waals surface area contributed by atoms with Crippen molar-refractivity contribution in [2.24, 2.45) is 5.92 Å². The van der Waals surface area contributed by atoms with Gasteiger partial charge in [0.1, 0.15) is 5.75 Å². The van der Waals surface area contributed by atoms with Crippen LogP contribution in [0.5, 0.6) is 5.75 Å². The molecule has 0 radical (unpaired) electrons. The van der Waals surface area contributed by atoms with Gasteiger partial charge in [-0.25, -0.2) is 0 Å². The van der Waals surface area contributed by atoms with Gasteiger partial charge in [0.15, 0.2) is 6.61 Å². The minimum Gasteiger partial charge on any atom is -0.484 e. The van der Waals surface area contributed by atoms with Gasteiger partial charge in [-0.05, 0) is 59.7 Å².